The van der Waals surface area contributed by atoms with E-state index in [0.29, 0.717) is 11.2 Å². The van der Waals surface area contributed by atoms with Crippen molar-refractivity contribution < 1.29 is 9.00 Å². The Kier molecular flexibility index (Phi) is 6.35. The maximum absolute atomic E-state index is 11.9. The molecule has 4 bridgehead atoms. The molecule has 5 aliphatic carbocycles. The molecule has 0 aliphatic heterocycles. The molecule has 1 aromatic carbocycles. The average Bonchev–Trinajstić information content (AvgIpc) is 3.22. The van der Waals surface area contributed by atoms with E-state index in [-0.39, 0.29) is 0 Å². The van der Waals surface area contributed by atoms with Gasteiger partial charge in [-0.05, 0) is 86.5 Å². The molecule has 6 rings (SSSR count). The number of hydrogen-bond donors (Lipinski definition) is 1. The van der Waals surface area contributed by atoms with Gasteiger partial charge in [0.25, 0.3) is 0 Å². The lowest BCUT2D eigenvalue weighted by Crippen LogP contribution is -2.50. The Bertz CT molecular complexity index is 692. The van der Waals surface area contributed by atoms with Gasteiger partial charge in [-0.15, -0.1) is 0 Å². The highest BCUT2D eigenvalue weighted by molar-refractivity contribution is 7.88. The number of carbonyl (C=O) groups excluding carboxylic acids is 1. The summed E-state index contributed by atoms with van der Waals surface area (Å²) in [4.78, 5) is 11.5. The fourth-order valence-corrected chi connectivity index (χ4v) is 7.79. The number of hydrogen-bond acceptors (Lipinski definition) is 2. The summed E-state index contributed by atoms with van der Waals surface area (Å²) in [5.74, 6) is 3.66. The van der Waals surface area contributed by atoms with Crippen LogP contribution in [0.2, 0.25) is 0 Å². The van der Waals surface area contributed by atoms with Crippen molar-refractivity contribution in [2.24, 2.45) is 23.2 Å². The molecule has 28 heavy (non-hydrogen) atoms. The lowest BCUT2D eigenvalue weighted by atomic mass is 9.49. The Morgan fingerprint density at radius 1 is 1.04 bits per heavy atom. The summed E-state index contributed by atoms with van der Waals surface area (Å²) in [7, 11) is -0.785. The number of carbonyl (C=O) groups is 1. The molecule has 0 radical (unpaired) electrons. The smallest absolute Gasteiger partial charge is 0.207 e. The van der Waals surface area contributed by atoms with Crippen LogP contribution in [0.15, 0.2) is 41.3 Å². The first-order valence-corrected chi connectivity index (χ1v) is 12.3. The first-order chi connectivity index (χ1) is 13.7. The van der Waals surface area contributed by atoms with Gasteiger partial charge in [0.15, 0.2) is 0 Å². The summed E-state index contributed by atoms with van der Waals surface area (Å²) in [5.41, 5.74) is 1.67. The fourth-order valence-electron chi connectivity index (χ4n) is 6.43. The second-order valence-corrected chi connectivity index (χ2v) is 11.0. The van der Waals surface area contributed by atoms with Crippen molar-refractivity contribution in [1.29, 1.82) is 0 Å². The summed E-state index contributed by atoms with van der Waals surface area (Å²) in [6, 6.07) is 10.0. The van der Waals surface area contributed by atoms with Gasteiger partial charge in [0.2, 0.25) is 6.41 Å². The van der Waals surface area contributed by atoms with Crippen LogP contribution in [0.25, 0.3) is 0 Å². The number of nitrogens with one attached hydrogen (secondary N) is 1. The summed E-state index contributed by atoms with van der Waals surface area (Å²) in [5, 5.41) is 2.92. The molecule has 0 spiro atoms. The van der Waals surface area contributed by atoms with E-state index in [1.807, 2.05) is 30.3 Å². The van der Waals surface area contributed by atoms with E-state index < -0.39 is 10.8 Å². The zero-order valence-corrected chi connectivity index (χ0v) is 17.6. The fraction of sp³-hybridized carbons (Fsp3) is 0.625. The molecule has 152 valence electrons. The molecule has 4 saturated carbocycles. The van der Waals surface area contributed by atoms with Crippen molar-refractivity contribution in [3.05, 3.63) is 46.9 Å². The second kappa shape index (κ2) is 8.94. The Hall–Kier alpha value is -1.42. The molecule has 1 N–H and O–H groups in total. The standard InChI is InChI=1S/C12H19NO.C12H14OS/c14-8-13-7-12-4-9-1-10(5-12)3-11(2-9)6-12;13-14(12-8-4-5-9-12)10-11-6-2-1-3-7-11/h8-11H,1-7H2,(H,13,14);1-3,6-8H,4-5,9-10H2. The van der Waals surface area contributed by atoms with Crippen LogP contribution in [0.3, 0.4) is 0 Å². The van der Waals surface area contributed by atoms with Gasteiger partial charge in [-0.25, -0.2) is 0 Å². The molecule has 1 amide bonds. The van der Waals surface area contributed by atoms with Crippen LogP contribution in [0.1, 0.15) is 63.4 Å². The van der Waals surface area contributed by atoms with Crippen molar-refractivity contribution >= 4 is 17.2 Å². The minimum Gasteiger partial charge on any atom is -0.358 e. The zero-order valence-electron chi connectivity index (χ0n) is 16.8. The zero-order chi connectivity index (χ0) is 19.4. The highest BCUT2D eigenvalue weighted by Crippen LogP contribution is 2.59. The molecule has 4 heteroatoms. The topological polar surface area (TPSA) is 46.2 Å². The summed E-state index contributed by atoms with van der Waals surface area (Å²) in [6.07, 6.45) is 14.9. The van der Waals surface area contributed by atoms with Crippen LogP contribution in [-0.4, -0.2) is 17.2 Å². The van der Waals surface area contributed by atoms with Gasteiger partial charge in [-0.3, -0.25) is 9.00 Å². The second-order valence-electron chi connectivity index (χ2n) is 9.45. The van der Waals surface area contributed by atoms with Crippen molar-refractivity contribution in [3.8, 4) is 0 Å². The van der Waals surface area contributed by atoms with E-state index in [1.54, 1.807) is 0 Å². The third-order valence-corrected chi connectivity index (χ3v) is 8.71. The van der Waals surface area contributed by atoms with Crippen LogP contribution < -0.4 is 5.32 Å². The quantitative estimate of drug-likeness (QED) is 0.688. The molecule has 1 aromatic rings. The maximum atomic E-state index is 11.9. The predicted octanol–water partition coefficient (Wildman–Crippen LogP) is 4.95. The molecule has 3 nitrogen and oxygen atoms in total. The first-order valence-electron chi connectivity index (χ1n) is 10.9. The van der Waals surface area contributed by atoms with Crippen molar-refractivity contribution in [3.63, 3.8) is 0 Å². The van der Waals surface area contributed by atoms with E-state index >= 15 is 0 Å². The van der Waals surface area contributed by atoms with Crippen LogP contribution in [-0.2, 0) is 21.3 Å². The maximum Gasteiger partial charge on any atom is 0.207 e. The highest BCUT2D eigenvalue weighted by atomic mass is 32.2. The Labute approximate surface area is 171 Å². The Morgan fingerprint density at radius 2 is 1.68 bits per heavy atom. The minimum absolute atomic E-state index is 0.510. The molecule has 0 aromatic heterocycles. The van der Waals surface area contributed by atoms with Crippen LogP contribution in [0, 0.1) is 23.2 Å². The molecule has 5 aliphatic rings. The van der Waals surface area contributed by atoms with Gasteiger partial charge in [0, 0.05) is 11.4 Å². The molecule has 0 heterocycles. The van der Waals surface area contributed by atoms with Crippen LogP contribution >= 0.6 is 0 Å². The van der Waals surface area contributed by atoms with E-state index in [9.17, 15) is 9.00 Å². The SMILES string of the molecule is O=CNCC12CC3CC(CC(C3)C1)C2.O=S(Cc1ccccc1)C1=CCCC1. The molecular weight excluding hydrogens is 366 g/mol. The largest absolute Gasteiger partial charge is 0.358 e. The lowest BCUT2D eigenvalue weighted by Gasteiger charge is -2.56. The molecular formula is C24H33NO2S. The number of benzene rings is 1. The van der Waals surface area contributed by atoms with E-state index in [4.69, 9.17) is 0 Å². The number of allylic oxidation sites excluding steroid dienone is 2. The highest BCUT2D eigenvalue weighted by Gasteiger charge is 2.50. The normalized spacial score (nSPS) is 33.6. The Morgan fingerprint density at radius 3 is 2.21 bits per heavy atom. The lowest BCUT2D eigenvalue weighted by molar-refractivity contribution is -0.111. The monoisotopic (exact) mass is 399 g/mol. The van der Waals surface area contributed by atoms with Gasteiger partial charge in [0.05, 0.1) is 16.6 Å². The molecule has 1 unspecified atom stereocenters. The van der Waals surface area contributed by atoms with Gasteiger partial charge >= 0.3 is 0 Å². The van der Waals surface area contributed by atoms with E-state index in [2.05, 4.69) is 11.4 Å². The number of rotatable bonds is 6. The predicted molar refractivity (Wildman–Crippen MR) is 115 cm³/mol. The summed E-state index contributed by atoms with van der Waals surface area (Å²) >= 11 is 0. The van der Waals surface area contributed by atoms with Crippen molar-refractivity contribution in [1.82, 2.24) is 5.32 Å². The molecule has 1 atom stereocenters. The third-order valence-electron chi connectivity index (χ3n) is 7.16. The van der Waals surface area contributed by atoms with Gasteiger partial charge in [0.1, 0.15) is 0 Å². The van der Waals surface area contributed by atoms with Crippen LogP contribution in [0.4, 0.5) is 0 Å². The van der Waals surface area contributed by atoms with Crippen molar-refractivity contribution in [2.75, 3.05) is 6.54 Å². The Balaban J connectivity index is 0.000000137. The van der Waals surface area contributed by atoms with Gasteiger partial charge in [-0.2, -0.15) is 0 Å². The van der Waals surface area contributed by atoms with E-state index in [0.717, 1.165) is 48.5 Å². The van der Waals surface area contributed by atoms with Gasteiger partial charge in [-0.1, -0.05) is 36.4 Å². The summed E-state index contributed by atoms with van der Waals surface area (Å²) in [6.45, 7) is 0.944. The first kappa shape index (κ1) is 19.9. The molecule has 4 fully saturated rings. The molecule has 0 saturated heterocycles. The third kappa shape index (κ3) is 4.76. The minimum atomic E-state index is -0.785. The average molecular weight is 400 g/mol. The van der Waals surface area contributed by atoms with Crippen LogP contribution in [0.5, 0.6) is 0 Å². The van der Waals surface area contributed by atoms with E-state index in [1.165, 1.54) is 50.5 Å². The summed E-state index contributed by atoms with van der Waals surface area (Å²) < 4.78 is 11.9. The van der Waals surface area contributed by atoms with Gasteiger partial charge < -0.3 is 5.32 Å². The van der Waals surface area contributed by atoms with Crippen molar-refractivity contribution in [2.45, 2.75) is 63.5 Å². The number of amides is 1.